The average molecular weight is 416 g/mol. The van der Waals surface area contributed by atoms with Gasteiger partial charge in [0.25, 0.3) is 5.91 Å². The van der Waals surface area contributed by atoms with Gasteiger partial charge >= 0.3 is 0 Å². The number of nitrogens with one attached hydrogen (secondary N) is 1. The van der Waals surface area contributed by atoms with E-state index in [0.717, 1.165) is 5.56 Å². The van der Waals surface area contributed by atoms with Gasteiger partial charge in [0.2, 0.25) is 5.91 Å². The van der Waals surface area contributed by atoms with Crippen molar-refractivity contribution < 1.29 is 18.7 Å². The lowest BCUT2D eigenvalue weighted by atomic mass is 10.1. The van der Waals surface area contributed by atoms with Gasteiger partial charge in [0, 0.05) is 11.8 Å². The van der Waals surface area contributed by atoms with Crippen molar-refractivity contribution in [3.63, 3.8) is 0 Å². The molecule has 1 aliphatic heterocycles. The Morgan fingerprint density at radius 1 is 1.10 bits per heavy atom. The van der Waals surface area contributed by atoms with Gasteiger partial charge in [-0.15, -0.1) is 0 Å². The van der Waals surface area contributed by atoms with Crippen molar-refractivity contribution in [3.05, 3.63) is 95.8 Å². The second-order valence-electron chi connectivity index (χ2n) is 7.23. The minimum Gasteiger partial charge on any atom is -0.479 e. The maximum absolute atomic E-state index is 13.0. The molecule has 5 nitrogen and oxygen atoms in total. The van der Waals surface area contributed by atoms with E-state index in [2.05, 4.69) is 5.32 Å². The molecule has 0 aliphatic carbocycles. The summed E-state index contributed by atoms with van der Waals surface area (Å²) in [5.41, 5.74) is 2.85. The Kier molecular flexibility index (Phi) is 5.80. The molecule has 0 saturated carbocycles. The summed E-state index contributed by atoms with van der Waals surface area (Å²) in [7, 11) is 0. The van der Waals surface area contributed by atoms with E-state index in [4.69, 9.17) is 4.74 Å². The zero-order valence-electron chi connectivity index (χ0n) is 16.9. The summed E-state index contributed by atoms with van der Waals surface area (Å²) in [4.78, 5) is 26.8. The van der Waals surface area contributed by atoms with Crippen LogP contribution in [0.2, 0.25) is 0 Å². The number of ether oxygens (including phenoxy) is 1. The average Bonchev–Trinajstić information content (AvgIpc) is 2.77. The SMILES string of the molecule is CC1Oc2ccc(NC(=O)/C=C/c3ccc(F)cc3)cc2N(Cc2ccccc2)C1=O. The van der Waals surface area contributed by atoms with Crippen LogP contribution in [-0.4, -0.2) is 17.9 Å². The van der Waals surface area contributed by atoms with Crippen LogP contribution in [-0.2, 0) is 16.1 Å². The molecule has 4 rings (SSSR count). The van der Waals surface area contributed by atoms with Crippen molar-refractivity contribution in [2.75, 3.05) is 10.2 Å². The Morgan fingerprint density at radius 2 is 1.84 bits per heavy atom. The third-order valence-electron chi connectivity index (χ3n) is 4.92. The molecule has 0 saturated heterocycles. The standard InChI is InChI=1S/C25H21FN2O3/c1-17-25(30)28(16-19-5-3-2-4-6-19)22-15-21(12-13-23(22)31-17)27-24(29)14-9-18-7-10-20(26)11-8-18/h2-15,17H,16H2,1H3,(H,27,29)/b14-9+. The summed E-state index contributed by atoms with van der Waals surface area (Å²) in [6.45, 7) is 2.13. The normalized spacial score (nSPS) is 15.5. The molecule has 0 aromatic heterocycles. The van der Waals surface area contributed by atoms with E-state index in [1.807, 2.05) is 30.3 Å². The van der Waals surface area contributed by atoms with Crippen LogP contribution in [0, 0.1) is 5.82 Å². The molecule has 3 aromatic carbocycles. The molecule has 0 spiro atoms. The Morgan fingerprint density at radius 3 is 2.58 bits per heavy atom. The first kappa shape index (κ1) is 20.3. The quantitative estimate of drug-likeness (QED) is 0.609. The second kappa shape index (κ2) is 8.83. The fourth-order valence-corrected chi connectivity index (χ4v) is 3.34. The van der Waals surface area contributed by atoms with E-state index in [1.54, 1.807) is 48.2 Å². The molecular formula is C25H21FN2O3. The molecular weight excluding hydrogens is 395 g/mol. The van der Waals surface area contributed by atoms with Gasteiger partial charge in [-0.3, -0.25) is 9.59 Å². The van der Waals surface area contributed by atoms with E-state index >= 15 is 0 Å². The number of halogens is 1. The van der Waals surface area contributed by atoms with Crippen LogP contribution in [0.4, 0.5) is 15.8 Å². The minimum absolute atomic E-state index is 0.143. The predicted octanol–water partition coefficient (Wildman–Crippen LogP) is 4.79. The summed E-state index contributed by atoms with van der Waals surface area (Å²) in [6, 6.07) is 20.7. The second-order valence-corrected chi connectivity index (χ2v) is 7.23. The van der Waals surface area contributed by atoms with Crippen LogP contribution in [0.25, 0.3) is 6.08 Å². The van der Waals surface area contributed by atoms with Gasteiger partial charge in [-0.2, -0.15) is 0 Å². The molecule has 1 atom stereocenters. The van der Waals surface area contributed by atoms with E-state index in [-0.39, 0.29) is 17.6 Å². The summed E-state index contributed by atoms with van der Waals surface area (Å²) in [5, 5.41) is 2.79. The number of rotatable bonds is 5. The number of hydrogen-bond donors (Lipinski definition) is 1. The number of amides is 2. The Labute approximate surface area is 179 Å². The van der Waals surface area contributed by atoms with Crippen molar-refractivity contribution >= 4 is 29.3 Å². The number of carbonyl (C=O) groups is 2. The highest BCUT2D eigenvalue weighted by Gasteiger charge is 2.31. The number of nitrogens with zero attached hydrogens (tertiary/aromatic N) is 1. The third-order valence-corrected chi connectivity index (χ3v) is 4.92. The number of hydrogen-bond acceptors (Lipinski definition) is 3. The van der Waals surface area contributed by atoms with Gasteiger partial charge in [0.05, 0.1) is 12.2 Å². The Hall–Kier alpha value is -3.93. The zero-order valence-corrected chi connectivity index (χ0v) is 16.9. The van der Waals surface area contributed by atoms with Gasteiger partial charge in [-0.25, -0.2) is 4.39 Å². The van der Waals surface area contributed by atoms with Gasteiger partial charge in [-0.1, -0.05) is 42.5 Å². The fraction of sp³-hybridized carbons (Fsp3) is 0.120. The molecule has 31 heavy (non-hydrogen) atoms. The molecule has 1 N–H and O–H groups in total. The van der Waals surface area contributed by atoms with E-state index in [9.17, 15) is 14.0 Å². The number of anilines is 2. The molecule has 3 aromatic rings. The lowest BCUT2D eigenvalue weighted by molar-refractivity contribution is -0.125. The maximum atomic E-state index is 13.0. The fourth-order valence-electron chi connectivity index (χ4n) is 3.34. The van der Waals surface area contributed by atoms with Crippen LogP contribution >= 0.6 is 0 Å². The van der Waals surface area contributed by atoms with Gasteiger partial charge in [-0.05, 0) is 54.5 Å². The molecule has 2 amide bonds. The van der Waals surface area contributed by atoms with Gasteiger partial charge in [0.1, 0.15) is 11.6 Å². The molecule has 0 fully saturated rings. The highest BCUT2D eigenvalue weighted by atomic mass is 19.1. The third kappa shape index (κ3) is 4.80. The zero-order chi connectivity index (χ0) is 21.8. The molecule has 1 unspecified atom stereocenters. The summed E-state index contributed by atoms with van der Waals surface area (Å²) in [5.74, 6) is -0.226. The Bertz CT molecular complexity index is 1130. The monoisotopic (exact) mass is 416 g/mol. The Balaban J connectivity index is 1.54. The molecule has 0 bridgehead atoms. The van der Waals surface area contributed by atoms with Crippen LogP contribution in [0.5, 0.6) is 5.75 Å². The first-order valence-corrected chi connectivity index (χ1v) is 9.90. The molecule has 0 radical (unpaired) electrons. The van der Waals surface area contributed by atoms with E-state index < -0.39 is 6.10 Å². The first-order chi connectivity index (χ1) is 15.0. The van der Waals surface area contributed by atoms with Crippen LogP contribution < -0.4 is 15.0 Å². The largest absolute Gasteiger partial charge is 0.479 e. The molecule has 6 heteroatoms. The number of fused-ring (bicyclic) bond motifs is 1. The first-order valence-electron chi connectivity index (χ1n) is 9.90. The molecule has 156 valence electrons. The maximum Gasteiger partial charge on any atom is 0.268 e. The summed E-state index contributed by atoms with van der Waals surface area (Å²) >= 11 is 0. The highest BCUT2D eigenvalue weighted by molar-refractivity contribution is 6.04. The van der Waals surface area contributed by atoms with Crippen molar-refractivity contribution in [3.8, 4) is 5.75 Å². The van der Waals surface area contributed by atoms with Gasteiger partial charge in [0.15, 0.2) is 6.10 Å². The molecule has 1 aliphatic rings. The topological polar surface area (TPSA) is 58.6 Å². The van der Waals surface area contributed by atoms with Crippen LogP contribution in [0.15, 0.2) is 78.9 Å². The van der Waals surface area contributed by atoms with E-state index in [0.29, 0.717) is 29.2 Å². The van der Waals surface area contributed by atoms with Crippen molar-refractivity contribution in [2.24, 2.45) is 0 Å². The van der Waals surface area contributed by atoms with Crippen molar-refractivity contribution in [1.82, 2.24) is 0 Å². The van der Waals surface area contributed by atoms with Crippen molar-refractivity contribution in [1.29, 1.82) is 0 Å². The van der Waals surface area contributed by atoms with Gasteiger partial charge < -0.3 is 15.0 Å². The number of carbonyl (C=O) groups excluding carboxylic acids is 2. The number of benzene rings is 3. The smallest absolute Gasteiger partial charge is 0.268 e. The van der Waals surface area contributed by atoms with Crippen molar-refractivity contribution in [2.45, 2.75) is 19.6 Å². The van der Waals surface area contributed by atoms with Crippen LogP contribution in [0.3, 0.4) is 0 Å². The lowest BCUT2D eigenvalue weighted by Gasteiger charge is -2.33. The highest BCUT2D eigenvalue weighted by Crippen LogP contribution is 2.37. The molecule has 1 heterocycles. The van der Waals surface area contributed by atoms with E-state index in [1.165, 1.54) is 18.2 Å². The van der Waals surface area contributed by atoms with Crippen LogP contribution in [0.1, 0.15) is 18.1 Å². The minimum atomic E-state index is -0.588. The summed E-state index contributed by atoms with van der Waals surface area (Å²) < 4.78 is 18.7. The predicted molar refractivity (Wildman–Crippen MR) is 118 cm³/mol. The lowest BCUT2D eigenvalue weighted by Crippen LogP contribution is -2.44. The summed E-state index contributed by atoms with van der Waals surface area (Å²) in [6.07, 6.45) is 2.39.